The molecule has 0 fully saturated rings. The first kappa shape index (κ1) is 19.0. The van der Waals surface area contributed by atoms with Gasteiger partial charge in [-0.25, -0.2) is 0 Å². The molecule has 1 radical (unpaired) electrons. The molecule has 19 heavy (non-hydrogen) atoms. The predicted octanol–water partition coefficient (Wildman–Crippen LogP) is 6.32. The van der Waals surface area contributed by atoms with Gasteiger partial charge in [-0.3, -0.25) is 0 Å². The molecule has 0 bridgehead atoms. The Morgan fingerprint density at radius 3 is 1.47 bits per heavy atom. The van der Waals surface area contributed by atoms with Crippen molar-refractivity contribution in [2.24, 2.45) is 0 Å². The van der Waals surface area contributed by atoms with Gasteiger partial charge in [-0.1, -0.05) is 90.9 Å². The van der Waals surface area contributed by atoms with E-state index in [4.69, 9.17) is 4.74 Å². The average Bonchev–Trinajstić information content (AvgIpc) is 2.43. The minimum Gasteiger partial charge on any atom is -0.381 e. The van der Waals surface area contributed by atoms with E-state index in [1.807, 2.05) is 0 Å². The number of hydrogen-bond donors (Lipinski definition) is 0. The third-order valence-corrected chi connectivity index (χ3v) is 3.68. The molecule has 0 N–H and O–H groups in total. The van der Waals surface area contributed by atoms with Crippen LogP contribution in [0.4, 0.5) is 0 Å². The number of rotatable bonds is 16. The molecule has 0 spiro atoms. The zero-order valence-electron chi connectivity index (χ0n) is 13.4. The van der Waals surface area contributed by atoms with Gasteiger partial charge < -0.3 is 4.74 Å². The van der Waals surface area contributed by atoms with Crippen molar-refractivity contribution in [1.29, 1.82) is 0 Å². The van der Waals surface area contributed by atoms with Gasteiger partial charge >= 0.3 is 0 Å². The summed E-state index contributed by atoms with van der Waals surface area (Å²) in [7, 11) is 0. The van der Waals surface area contributed by atoms with E-state index >= 15 is 0 Å². The summed E-state index contributed by atoms with van der Waals surface area (Å²) >= 11 is 0. The zero-order chi connectivity index (χ0) is 14.0. The van der Waals surface area contributed by atoms with E-state index < -0.39 is 0 Å². The summed E-state index contributed by atoms with van der Waals surface area (Å²) in [5, 5.41) is 0. The van der Waals surface area contributed by atoms with Gasteiger partial charge in [0.15, 0.2) is 0 Å². The Morgan fingerprint density at radius 2 is 1.00 bits per heavy atom. The van der Waals surface area contributed by atoms with E-state index in [0.29, 0.717) is 0 Å². The number of ether oxygens (including phenoxy) is 1. The minimum absolute atomic E-state index is 0.904. The molecule has 0 aromatic heterocycles. The molecule has 1 heteroatoms. The summed E-state index contributed by atoms with van der Waals surface area (Å²) in [5.41, 5.74) is 0. The van der Waals surface area contributed by atoms with Gasteiger partial charge in [0.2, 0.25) is 0 Å². The number of unbranched alkanes of at least 4 members (excludes halogenated alkanes) is 12. The summed E-state index contributed by atoms with van der Waals surface area (Å²) in [6.07, 6.45) is 19.0. The standard InChI is InChI=1S/C18H37O/c1-3-5-7-8-9-10-11-12-13-14-15-16-18-19-17-6-4-2/h2-18H2,1H3. The molecule has 115 valence electrons. The van der Waals surface area contributed by atoms with Crippen LogP contribution < -0.4 is 0 Å². The summed E-state index contributed by atoms with van der Waals surface area (Å²) in [5.74, 6) is 0. The quantitative estimate of drug-likeness (QED) is 0.298. The van der Waals surface area contributed by atoms with Gasteiger partial charge in [-0.05, 0) is 12.8 Å². The van der Waals surface area contributed by atoms with Crippen LogP contribution in [0.1, 0.15) is 96.8 Å². The van der Waals surface area contributed by atoms with Gasteiger partial charge in [0.25, 0.3) is 0 Å². The van der Waals surface area contributed by atoms with Crippen molar-refractivity contribution in [3.8, 4) is 0 Å². The fourth-order valence-corrected chi connectivity index (χ4v) is 2.35. The molecule has 0 unspecified atom stereocenters. The Bertz CT molecular complexity index is 129. The van der Waals surface area contributed by atoms with Crippen LogP contribution in [-0.4, -0.2) is 13.2 Å². The van der Waals surface area contributed by atoms with Gasteiger partial charge in [-0.15, -0.1) is 0 Å². The average molecular weight is 269 g/mol. The van der Waals surface area contributed by atoms with E-state index in [9.17, 15) is 0 Å². The van der Waals surface area contributed by atoms with Crippen LogP contribution in [0.3, 0.4) is 0 Å². The van der Waals surface area contributed by atoms with Crippen LogP contribution >= 0.6 is 0 Å². The third-order valence-electron chi connectivity index (χ3n) is 3.68. The van der Waals surface area contributed by atoms with E-state index in [-0.39, 0.29) is 0 Å². The van der Waals surface area contributed by atoms with Crippen molar-refractivity contribution in [3.05, 3.63) is 6.92 Å². The molecule has 0 rings (SSSR count). The second-order valence-corrected chi connectivity index (χ2v) is 5.71. The smallest absolute Gasteiger partial charge is 0.0466 e. The van der Waals surface area contributed by atoms with Crippen LogP contribution in [0.2, 0.25) is 0 Å². The molecule has 0 atom stereocenters. The Kier molecular flexibility index (Phi) is 17.9. The molecule has 0 amide bonds. The maximum Gasteiger partial charge on any atom is 0.0466 e. The van der Waals surface area contributed by atoms with Crippen molar-refractivity contribution < 1.29 is 4.74 Å². The lowest BCUT2D eigenvalue weighted by Gasteiger charge is -2.04. The van der Waals surface area contributed by atoms with Crippen LogP contribution in [0.15, 0.2) is 0 Å². The van der Waals surface area contributed by atoms with E-state index in [0.717, 1.165) is 26.1 Å². The highest BCUT2D eigenvalue weighted by Crippen LogP contribution is 2.11. The predicted molar refractivity (Wildman–Crippen MR) is 86.5 cm³/mol. The summed E-state index contributed by atoms with van der Waals surface area (Å²) in [6, 6.07) is 0. The van der Waals surface area contributed by atoms with E-state index in [2.05, 4.69) is 13.8 Å². The molecule has 0 aliphatic rings. The second kappa shape index (κ2) is 18.0. The Balaban J connectivity index is 2.88. The monoisotopic (exact) mass is 269 g/mol. The highest BCUT2D eigenvalue weighted by atomic mass is 16.5. The first-order valence-electron chi connectivity index (χ1n) is 8.78. The molecular weight excluding hydrogens is 232 g/mol. The fourth-order valence-electron chi connectivity index (χ4n) is 2.35. The Labute approximate surface area is 122 Å². The van der Waals surface area contributed by atoms with Crippen molar-refractivity contribution in [3.63, 3.8) is 0 Å². The molecule has 0 saturated heterocycles. The lowest BCUT2D eigenvalue weighted by atomic mass is 10.1. The SMILES string of the molecule is [CH2]CCCOCCCCCCCCCCCCCC. The largest absolute Gasteiger partial charge is 0.381 e. The van der Waals surface area contributed by atoms with Crippen molar-refractivity contribution in [2.45, 2.75) is 96.8 Å². The van der Waals surface area contributed by atoms with Gasteiger partial charge in [0, 0.05) is 13.2 Å². The van der Waals surface area contributed by atoms with Crippen LogP contribution in [0.5, 0.6) is 0 Å². The minimum atomic E-state index is 0.904. The molecule has 0 aliphatic carbocycles. The summed E-state index contributed by atoms with van der Waals surface area (Å²) < 4.78 is 5.53. The highest BCUT2D eigenvalue weighted by molar-refractivity contribution is 4.48. The van der Waals surface area contributed by atoms with Gasteiger partial charge in [0.1, 0.15) is 0 Å². The maximum absolute atomic E-state index is 5.53. The zero-order valence-corrected chi connectivity index (χ0v) is 13.4. The molecule has 0 aromatic carbocycles. The third kappa shape index (κ3) is 18.0. The fraction of sp³-hybridized carbons (Fsp3) is 0.944. The maximum atomic E-state index is 5.53. The first-order chi connectivity index (χ1) is 9.41. The molecular formula is C18H37O. The normalized spacial score (nSPS) is 11.1. The summed E-state index contributed by atoms with van der Waals surface area (Å²) in [6.45, 7) is 7.95. The number of hydrogen-bond acceptors (Lipinski definition) is 1. The molecule has 0 heterocycles. The van der Waals surface area contributed by atoms with E-state index in [1.165, 1.54) is 77.0 Å². The van der Waals surface area contributed by atoms with Crippen molar-refractivity contribution >= 4 is 0 Å². The Morgan fingerprint density at radius 1 is 0.579 bits per heavy atom. The molecule has 0 saturated carbocycles. The highest BCUT2D eigenvalue weighted by Gasteiger charge is 1.93. The Hall–Kier alpha value is -0.0400. The van der Waals surface area contributed by atoms with Gasteiger partial charge in [-0.2, -0.15) is 0 Å². The van der Waals surface area contributed by atoms with Crippen LogP contribution in [0.25, 0.3) is 0 Å². The molecule has 1 nitrogen and oxygen atoms in total. The molecule has 0 aliphatic heterocycles. The second-order valence-electron chi connectivity index (χ2n) is 5.71. The first-order valence-corrected chi connectivity index (χ1v) is 8.78. The summed E-state index contributed by atoms with van der Waals surface area (Å²) in [4.78, 5) is 0. The van der Waals surface area contributed by atoms with Crippen molar-refractivity contribution in [2.75, 3.05) is 13.2 Å². The van der Waals surface area contributed by atoms with Crippen LogP contribution in [-0.2, 0) is 4.74 Å². The van der Waals surface area contributed by atoms with Crippen molar-refractivity contribution in [1.82, 2.24) is 0 Å². The topological polar surface area (TPSA) is 9.23 Å². The van der Waals surface area contributed by atoms with Crippen LogP contribution in [0, 0.1) is 6.92 Å². The lowest BCUT2D eigenvalue weighted by Crippen LogP contribution is -1.96. The lowest BCUT2D eigenvalue weighted by molar-refractivity contribution is 0.128. The van der Waals surface area contributed by atoms with E-state index in [1.54, 1.807) is 0 Å². The van der Waals surface area contributed by atoms with Gasteiger partial charge in [0.05, 0.1) is 0 Å². The molecule has 0 aromatic rings.